The molecule has 1 amide bonds. The van der Waals surface area contributed by atoms with Gasteiger partial charge in [-0.1, -0.05) is 13.8 Å². The summed E-state index contributed by atoms with van der Waals surface area (Å²) >= 11 is 1.50. The van der Waals surface area contributed by atoms with Gasteiger partial charge in [0.2, 0.25) is 5.91 Å². The van der Waals surface area contributed by atoms with Crippen molar-refractivity contribution >= 4 is 22.9 Å². The fourth-order valence-electron chi connectivity index (χ4n) is 3.07. The largest absolute Gasteiger partial charge is 0.493 e. The molecular weight excluding hydrogens is 412 g/mol. The summed E-state index contributed by atoms with van der Waals surface area (Å²) in [6.07, 6.45) is 3.69. The Bertz CT molecular complexity index is 974. The number of nitrogens with zero attached hydrogens (tertiary/aromatic N) is 3. The first kappa shape index (κ1) is 22.7. The number of nitrogens with one attached hydrogen (secondary N) is 1. The maximum absolute atomic E-state index is 12.5. The third-order valence-corrected chi connectivity index (χ3v) is 5.75. The first-order valence-electron chi connectivity index (χ1n) is 10.3. The Morgan fingerprint density at radius 1 is 1.19 bits per heavy atom. The molecule has 164 valence electrons. The van der Waals surface area contributed by atoms with Crippen LogP contribution in [0.2, 0.25) is 0 Å². The second-order valence-electron chi connectivity index (χ2n) is 6.85. The molecule has 0 saturated carbocycles. The highest BCUT2D eigenvalue weighted by atomic mass is 32.1. The van der Waals surface area contributed by atoms with Gasteiger partial charge in [0.25, 0.3) is 0 Å². The number of ether oxygens (including phenoxy) is 2. The number of rotatable bonds is 11. The molecular formula is C23H28N4O3S. The molecule has 0 radical (unpaired) electrons. The molecule has 3 aromatic rings. The Kier molecular flexibility index (Phi) is 8.37. The van der Waals surface area contributed by atoms with E-state index in [1.54, 1.807) is 37.7 Å². The van der Waals surface area contributed by atoms with E-state index in [1.807, 2.05) is 17.5 Å². The summed E-state index contributed by atoms with van der Waals surface area (Å²) in [6.45, 7) is 7.59. The van der Waals surface area contributed by atoms with E-state index in [4.69, 9.17) is 9.47 Å². The van der Waals surface area contributed by atoms with Gasteiger partial charge in [-0.2, -0.15) is 0 Å². The van der Waals surface area contributed by atoms with Crippen LogP contribution < -0.4 is 14.8 Å². The highest BCUT2D eigenvalue weighted by Crippen LogP contribution is 2.30. The monoisotopic (exact) mass is 440 g/mol. The summed E-state index contributed by atoms with van der Waals surface area (Å²) in [5, 5.41) is 5.67. The first-order chi connectivity index (χ1) is 15.1. The van der Waals surface area contributed by atoms with Crippen LogP contribution in [-0.4, -0.2) is 54.1 Å². The Morgan fingerprint density at radius 2 is 2.03 bits per heavy atom. The van der Waals surface area contributed by atoms with Crippen molar-refractivity contribution in [2.24, 2.45) is 0 Å². The van der Waals surface area contributed by atoms with E-state index in [0.29, 0.717) is 23.8 Å². The minimum absolute atomic E-state index is 0.137. The number of carbonyl (C=O) groups is 1. The van der Waals surface area contributed by atoms with Gasteiger partial charge in [-0.05, 0) is 37.4 Å². The number of methoxy groups -OCH3 is 1. The minimum atomic E-state index is -0.137. The van der Waals surface area contributed by atoms with E-state index < -0.39 is 0 Å². The van der Waals surface area contributed by atoms with Gasteiger partial charge in [-0.25, -0.2) is 4.98 Å². The lowest BCUT2D eigenvalue weighted by atomic mass is 10.2. The smallest absolute Gasteiger partial charge is 0.230 e. The Balaban J connectivity index is 1.60. The van der Waals surface area contributed by atoms with Gasteiger partial charge in [0, 0.05) is 41.6 Å². The molecule has 1 aromatic carbocycles. The second kappa shape index (κ2) is 11.4. The van der Waals surface area contributed by atoms with Gasteiger partial charge in [-0.15, -0.1) is 11.3 Å². The lowest BCUT2D eigenvalue weighted by molar-refractivity contribution is -0.115. The molecule has 3 rings (SSSR count). The normalized spacial score (nSPS) is 10.8. The van der Waals surface area contributed by atoms with Crippen molar-refractivity contribution in [3.8, 4) is 22.1 Å². The quantitative estimate of drug-likeness (QED) is 0.483. The predicted molar refractivity (Wildman–Crippen MR) is 124 cm³/mol. The molecule has 0 saturated heterocycles. The number of thiazole rings is 1. The predicted octanol–water partition coefficient (Wildman–Crippen LogP) is 4.12. The van der Waals surface area contributed by atoms with Crippen molar-refractivity contribution in [3.63, 3.8) is 0 Å². The van der Waals surface area contributed by atoms with E-state index in [2.05, 4.69) is 34.0 Å². The molecule has 0 fully saturated rings. The summed E-state index contributed by atoms with van der Waals surface area (Å²) in [5.74, 6) is 1.11. The number of benzene rings is 1. The van der Waals surface area contributed by atoms with Crippen molar-refractivity contribution in [1.82, 2.24) is 14.9 Å². The number of likely N-dealkylation sites (N-methyl/N-ethyl adjacent to an activating group) is 1. The molecule has 0 atom stereocenters. The molecule has 2 aromatic heterocycles. The van der Waals surface area contributed by atoms with E-state index in [9.17, 15) is 4.79 Å². The van der Waals surface area contributed by atoms with E-state index in [0.717, 1.165) is 35.9 Å². The highest BCUT2D eigenvalue weighted by molar-refractivity contribution is 7.13. The van der Waals surface area contributed by atoms with Gasteiger partial charge in [0.15, 0.2) is 11.5 Å². The molecule has 31 heavy (non-hydrogen) atoms. The van der Waals surface area contributed by atoms with E-state index in [1.165, 1.54) is 11.3 Å². The fraction of sp³-hybridized carbons (Fsp3) is 0.348. The molecule has 8 heteroatoms. The second-order valence-corrected chi connectivity index (χ2v) is 7.71. The summed E-state index contributed by atoms with van der Waals surface area (Å²) in [6, 6.07) is 9.21. The molecule has 2 heterocycles. The minimum Gasteiger partial charge on any atom is -0.493 e. The Morgan fingerprint density at radius 3 is 2.74 bits per heavy atom. The first-order valence-corrected chi connectivity index (χ1v) is 11.2. The standard InChI is InChI=1S/C23H28N4O3S/c1-4-27(5-2)11-12-30-21-13-18(8-9-20(21)29-3)25-22(28)14-19-16-31-23(26-19)17-7-6-10-24-15-17/h6-10,13,15-16H,4-5,11-12,14H2,1-3H3,(H,25,28). The van der Waals surface area contributed by atoms with Crippen molar-refractivity contribution in [1.29, 1.82) is 0 Å². The Labute approximate surface area is 187 Å². The maximum Gasteiger partial charge on any atom is 0.230 e. The van der Waals surface area contributed by atoms with Gasteiger partial charge < -0.3 is 19.7 Å². The van der Waals surface area contributed by atoms with Crippen molar-refractivity contribution in [3.05, 3.63) is 53.8 Å². The number of carbonyl (C=O) groups excluding carboxylic acids is 1. The molecule has 7 nitrogen and oxygen atoms in total. The molecule has 0 aliphatic carbocycles. The lowest BCUT2D eigenvalue weighted by Gasteiger charge is -2.19. The average Bonchev–Trinajstić information content (AvgIpc) is 3.26. The zero-order valence-corrected chi connectivity index (χ0v) is 18.9. The molecule has 0 spiro atoms. The average molecular weight is 441 g/mol. The molecule has 1 N–H and O–H groups in total. The van der Waals surface area contributed by atoms with Crippen LogP contribution in [0, 0.1) is 0 Å². The van der Waals surface area contributed by atoms with Crippen LogP contribution in [0.3, 0.4) is 0 Å². The van der Waals surface area contributed by atoms with Crippen molar-refractivity contribution in [2.75, 3.05) is 38.7 Å². The van der Waals surface area contributed by atoms with Crippen LogP contribution in [0.15, 0.2) is 48.1 Å². The zero-order chi connectivity index (χ0) is 22.1. The summed E-state index contributed by atoms with van der Waals surface area (Å²) in [7, 11) is 1.60. The number of aromatic nitrogens is 2. The molecule has 0 aliphatic heterocycles. The van der Waals surface area contributed by atoms with Crippen LogP contribution in [0.1, 0.15) is 19.5 Å². The van der Waals surface area contributed by atoms with Crippen LogP contribution in [0.5, 0.6) is 11.5 Å². The molecule has 0 aliphatic rings. The number of pyridine rings is 1. The highest BCUT2D eigenvalue weighted by Gasteiger charge is 2.12. The SMILES string of the molecule is CCN(CC)CCOc1cc(NC(=O)Cc2csc(-c3cccnc3)n2)ccc1OC. The third kappa shape index (κ3) is 6.50. The lowest BCUT2D eigenvalue weighted by Crippen LogP contribution is -2.28. The van der Waals surface area contributed by atoms with Crippen LogP contribution >= 0.6 is 11.3 Å². The molecule has 0 unspecified atom stereocenters. The van der Waals surface area contributed by atoms with Gasteiger partial charge >= 0.3 is 0 Å². The topological polar surface area (TPSA) is 76.6 Å². The Hall–Kier alpha value is -2.97. The van der Waals surface area contributed by atoms with Crippen molar-refractivity contribution in [2.45, 2.75) is 20.3 Å². The van der Waals surface area contributed by atoms with Crippen LogP contribution in [-0.2, 0) is 11.2 Å². The number of hydrogen-bond acceptors (Lipinski definition) is 7. The number of anilines is 1. The van der Waals surface area contributed by atoms with Gasteiger partial charge in [0.1, 0.15) is 11.6 Å². The molecule has 0 bridgehead atoms. The fourth-order valence-corrected chi connectivity index (χ4v) is 3.88. The van der Waals surface area contributed by atoms with Gasteiger partial charge in [0.05, 0.1) is 19.2 Å². The maximum atomic E-state index is 12.5. The van der Waals surface area contributed by atoms with E-state index in [-0.39, 0.29) is 12.3 Å². The summed E-state index contributed by atoms with van der Waals surface area (Å²) < 4.78 is 11.3. The third-order valence-electron chi connectivity index (χ3n) is 4.81. The van der Waals surface area contributed by atoms with Crippen LogP contribution in [0.4, 0.5) is 5.69 Å². The van der Waals surface area contributed by atoms with Crippen molar-refractivity contribution < 1.29 is 14.3 Å². The van der Waals surface area contributed by atoms with Crippen LogP contribution in [0.25, 0.3) is 10.6 Å². The number of hydrogen-bond donors (Lipinski definition) is 1. The summed E-state index contributed by atoms with van der Waals surface area (Å²) in [4.78, 5) is 23.5. The summed E-state index contributed by atoms with van der Waals surface area (Å²) in [5.41, 5.74) is 2.33. The zero-order valence-electron chi connectivity index (χ0n) is 18.1. The van der Waals surface area contributed by atoms with E-state index >= 15 is 0 Å². The van der Waals surface area contributed by atoms with Gasteiger partial charge in [-0.3, -0.25) is 9.78 Å². The number of amides is 1.